The summed E-state index contributed by atoms with van der Waals surface area (Å²) >= 11 is 0. The summed E-state index contributed by atoms with van der Waals surface area (Å²) in [7, 11) is 0. The van der Waals surface area contributed by atoms with Crippen LogP contribution in [-0.2, 0) is 4.79 Å². The number of furan rings is 1. The lowest BCUT2D eigenvalue weighted by Gasteiger charge is -2.22. The van der Waals surface area contributed by atoms with Crippen molar-refractivity contribution in [3.05, 3.63) is 89.4 Å². The van der Waals surface area contributed by atoms with E-state index in [1.165, 1.54) is 10.6 Å². The third-order valence-electron chi connectivity index (χ3n) is 6.06. The third-order valence-corrected chi connectivity index (χ3v) is 6.06. The van der Waals surface area contributed by atoms with Crippen LogP contribution in [0.3, 0.4) is 0 Å². The summed E-state index contributed by atoms with van der Waals surface area (Å²) in [6.07, 6.45) is 2.18. The molecule has 2 amide bonds. The molecule has 0 bridgehead atoms. The average Bonchev–Trinajstić information content (AvgIpc) is 3.54. The maximum absolute atomic E-state index is 13.3. The third kappa shape index (κ3) is 4.88. The van der Waals surface area contributed by atoms with Gasteiger partial charge >= 0.3 is 0 Å². The van der Waals surface area contributed by atoms with Gasteiger partial charge in [0.1, 0.15) is 11.8 Å². The Hall–Kier alpha value is -3.87. The number of anilines is 1. The van der Waals surface area contributed by atoms with Gasteiger partial charge in [-0.2, -0.15) is 5.10 Å². The topological polar surface area (TPSA) is 78.2 Å². The Balaban J connectivity index is 1.54. The van der Waals surface area contributed by atoms with E-state index in [1.54, 1.807) is 17.2 Å². The van der Waals surface area contributed by atoms with Crippen molar-refractivity contribution >= 4 is 23.2 Å². The SMILES string of the molecule is CCN(CC)C(=O)c1ccccc1NCC(=O)N1N=C(c2ccc(C)cc2)CC1c1ccco1. The number of nitrogens with zero attached hydrogens (tertiary/aromatic N) is 3. The van der Waals surface area contributed by atoms with Crippen LogP contribution in [0.1, 0.15) is 53.6 Å². The number of hydrogen-bond acceptors (Lipinski definition) is 5. The van der Waals surface area contributed by atoms with Crippen LogP contribution in [-0.4, -0.2) is 47.1 Å². The monoisotopic (exact) mass is 458 g/mol. The fourth-order valence-corrected chi connectivity index (χ4v) is 4.12. The van der Waals surface area contributed by atoms with Crippen LogP contribution in [0.15, 0.2) is 76.4 Å². The molecule has 0 aliphatic carbocycles. The van der Waals surface area contributed by atoms with E-state index in [2.05, 4.69) is 10.4 Å². The zero-order valence-electron chi connectivity index (χ0n) is 19.8. The van der Waals surface area contributed by atoms with Crippen LogP contribution >= 0.6 is 0 Å². The molecular formula is C27H30N4O3. The Bertz CT molecular complexity index is 1160. The summed E-state index contributed by atoms with van der Waals surface area (Å²) in [6.45, 7) is 7.19. The van der Waals surface area contributed by atoms with Gasteiger partial charge in [-0.05, 0) is 50.6 Å². The molecule has 7 nitrogen and oxygen atoms in total. The van der Waals surface area contributed by atoms with Gasteiger partial charge in [0.2, 0.25) is 0 Å². The Labute approximate surface area is 200 Å². The van der Waals surface area contributed by atoms with Crippen molar-refractivity contribution in [2.24, 2.45) is 5.10 Å². The lowest BCUT2D eigenvalue weighted by atomic mass is 10.0. The molecule has 1 aromatic heterocycles. The molecule has 0 radical (unpaired) electrons. The smallest absolute Gasteiger partial charge is 0.262 e. The minimum absolute atomic E-state index is 0.00439. The van der Waals surface area contributed by atoms with Gasteiger partial charge in [0.05, 0.1) is 24.1 Å². The maximum Gasteiger partial charge on any atom is 0.262 e. The number of aryl methyl sites for hydroxylation is 1. The van der Waals surface area contributed by atoms with E-state index < -0.39 is 0 Å². The van der Waals surface area contributed by atoms with Crippen molar-refractivity contribution in [2.75, 3.05) is 25.0 Å². The van der Waals surface area contributed by atoms with E-state index in [9.17, 15) is 9.59 Å². The average molecular weight is 459 g/mol. The molecule has 0 spiro atoms. The van der Waals surface area contributed by atoms with Crippen molar-refractivity contribution < 1.29 is 14.0 Å². The van der Waals surface area contributed by atoms with E-state index in [4.69, 9.17) is 4.42 Å². The summed E-state index contributed by atoms with van der Waals surface area (Å²) in [5.41, 5.74) is 4.17. The lowest BCUT2D eigenvalue weighted by molar-refractivity contribution is -0.131. The highest BCUT2D eigenvalue weighted by molar-refractivity contribution is 6.03. The van der Waals surface area contributed by atoms with Gasteiger partial charge in [-0.3, -0.25) is 9.59 Å². The molecular weight excluding hydrogens is 428 g/mol. The molecule has 34 heavy (non-hydrogen) atoms. The Morgan fingerprint density at radius 2 is 1.79 bits per heavy atom. The number of rotatable bonds is 8. The molecule has 1 atom stereocenters. The predicted molar refractivity (Wildman–Crippen MR) is 133 cm³/mol. The Kier molecular flexibility index (Phi) is 7.11. The summed E-state index contributed by atoms with van der Waals surface area (Å²) in [5, 5.41) is 9.33. The van der Waals surface area contributed by atoms with Crippen molar-refractivity contribution in [3.8, 4) is 0 Å². The van der Waals surface area contributed by atoms with Crippen LogP contribution in [0.25, 0.3) is 0 Å². The second kappa shape index (κ2) is 10.4. The fourth-order valence-electron chi connectivity index (χ4n) is 4.12. The first kappa shape index (κ1) is 23.3. The Morgan fingerprint density at radius 3 is 2.47 bits per heavy atom. The van der Waals surface area contributed by atoms with Gasteiger partial charge in [-0.1, -0.05) is 42.0 Å². The Morgan fingerprint density at radius 1 is 1.06 bits per heavy atom. The second-order valence-electron chi connectivity index (χ2n) is 8.26. The molecule has 1 aliphatic rings. The largest absolute Gasteiger partial charge is 0.467 e. The molecule has 2 heterocycles. The molecule has 1 aliphatic heterocycles. The summed E-state index contributed by atoms with van der Waals surface area (Å²) in [6, 6.07) is 18.8. The molecule has 3 aromatic rings. The van der Waals surface area contributed by atoms with Crippen LogP contribution in [0.2, 0.25) is 0 Å². The quantitative estimate of drug-likeness (QED) is 0.523. The standard InChI is InChI=1S/C27H30N4O3/c1-4-30(5-2)27(33)21-9-6-7-10-22(21)28-18-26(32)31-24(25-11-8-16-34-25)17-23(29-31)20-14-12-19(3)13-15-20/h6-16,24,28H,4-5,17-18H2,1-3H3. The normalized spacial score (nSPS) is 15.2. The van der Waals surface area contributed by atoms with Gasteiger partial charge in [0.15, 0.2) is 0 Å². The highest BCUT2D eigenvalue weighted by Crippen LogP contribution is 2.33. The molecule has 176 valence electrons. The molecule has 0 saturated heterocycles. The zero-order valence-corrected chi connectivity index (χ0v) is 19.8. The lowest BCUT2D eigenvalue weighted by Crippen LogP contribution is -2.33. The molecule has 0 fully saturated rings. The van der Waals surface area contributed by atoms with Gasteiger partial charge in [-0.25, -0.2) is 5.01 Å². The first-order chi connectivity index (χ1) is 16.5. The number of benzene rings is 2. The zero-order chi connectivity index (χ0) is 24.1. The fraction of sp³-hybridized carbons (Fsp3) is 0.296. The van der Waals surface area contributed by atoms with Crippen LogP contribution in [0.5, 0.6) is 0 Å². The number of carbonyl (C=O) groups excluding carboxylic acids is 2. The van der Waals surface area contributed by atoms with Crippen LogP contribution < -0.4 is 5.32 Å². The minimum Gasteiger partial charge on any atom is -0.467 e. The van der Waals surface area contributed by atoms with Crippen LogP contribution in [0.4, 0.5) is 5.69 Å². The molecule has 7 heteroatoms. The molecule has 1 N–H and O–H groups in total. The van der Waals surface area contributed by atoms with E-state index in [0.717, 1.165) is 11.3 Å². The number of para-hydroxylation sites is 1. The van der Waals surface area contributed by atoms with Crippen molar-refractivity contribution in [1.29, 1.82) is 0 Å². The number of hydrogen-bond donors (Lipinski definition) is 1. The van der Waals surface area contributed by atoms with Crippen molar-refractivity contribution in [1.82, 2.24) is 9.91 Å². The first-order valence-corrected chi connectivity index (χ1v) is 11.6. The number of carbonyl (C=O) groups is 2. The number of amides is 2. The van der Waals surface area contributed by atoms with Gasteiger partial charge in [-0.15, -0.1) is 0 Å². The second-order valence-corrected chi connectivity index (χ2v) is 8.26. The minimum atomic E-state index is -0.312. The molecule has 0 saturated carbocycles. The summed E-state index contributed by atoms with van der Waals surface area (Å²) in [4.78, 5) is 28.0. The molecule has 2 aromatic carbocycles. The van der Waals surface area contributed by atoms with E-state index in [1.807, 2.05) is 75.4 Å². The summed E-state index contributed by atoms with van der Waals surface area (Å²) < 4.78 is 5.63. The molecule has 1 unspecified atom stereocenters. The van der Waals surface area contributed by atoms with Crippen molar-refractivity contribution in [2.45, 2.75) is 33.2 Å². The van der Waals surface area contributed by atoms with Gasteiger partial charge in [0, 0.05) is 25.2 Å². The van der Waals surface area contributed by atoms with Gasteiger partial charge in [0.25, 0.3) is 11.8 Å². The van der Waals surface area contributed by atoms with Crippen LogP contribution in [0, 0.1) is 6.92 Å². The van der Waals surface area contributed by atoms with E-state index in [0.29, 0.717) is 36.5 Å². The summed E-state index contributed by atoms with van der Waals surface area (Å²) in [5.74, 6) is 0.430. The highest BCUT2D eigenvalue weighted by Gasteiger charge is 2.34. The molecule has 4 rings (SSSR count). The van der Waals surface area contributed by atoms with E-state index in [-0.39, 0.29) is 24.4 Å². The number of nitrogens with one attached hydrogen (secondary N) is 1. The first-order valence-electron chi connectivity index (χ1n) is 11.6. The van der Waals surface area contributed by atoms with E-state index >= 15 is 0 Å². The van der Waals surface area contributed by atoms with Crippen molar-refractivity contribution in [3.63, 3.8) is 0 Å². The maximum atomic E-state index is 13.3. The number of hydrazone groups is 1. The van der Waals surface area contributed by atoms with Gasteiger partial charge < -0.3 is 14.6 Å². The highest BCUT2D eigenvalue weighted by atomic mass is 16.3. The predicted octanol–water partition coefficient (Wildman–Crippen LogP) is 4.86.